The van der Waals surface area contributed by atoms with Crippen LogP contribution in [0.5, 0.6) is 5.88 Å². The third-order valence-corrected chi connectivity index (χ3v) is 2.64. The molecular weight excluding hydrogens is 230 g/mol. The summed E-state index contributed by atoms with van der Waals surface area (Å²) < 4.78 is 10.8. The quantitative estimate of drug-likeness (QED) is 0.675. The van der Waals surface area contributed by atoms with Crippen molar-refractivity contribution in [1.82, 2.24) is 15.3 Å². The van der Waals surface area contributed by atoms with Crippen molar-refractivity contribution in [2.45, 2.75) is 38.8 Å². The predicted octanol–water partition coefficient (Wildman–Crippen LogP) is 1.53. The Balaban J connectivity index is 1.68. The Morgan fingerprint density at radius 3 is 2.94 bits per heavy atom. The molecule has 5 nitrogen and oxygen atoms in total. The fourth-order valence-corrected chi connectivity index (χ4v) is 1.53. The number of aromatic nitrogens is 2. The van der Waals surface area contributed by atoms with Crippen molar-refractivity contribution in [3.8, 4) is 5.88 Å². The second-order valence-electron chi connectivity index (χ2n) is 4.46. The van der Waals surface area contributed by atoms with E-state index in [9.17, 15) is 0 Å². The van der Waals surface area contributed by atoms with Crippen molar-refractivity contribution in [2.24, 2.45) is 0 Å². The molecule has 1 aromatic heterocycles. The molecule has 1 aromatic rings. The van der Waals surface area contributed by atoms with Gasteiger partial charge >= 0.3 is 0 Å². The van der Waals surface area contributed by atoms with Gasteiger partial charge in [0.25, 0.3) is 0 Å². The van der Waals surface area contributed by atoms with Crippen LogP contribution in [0.1, 0.15) is 31.9 Å². The SMILES string of the molecule is CCCOCCOc1cncc(CNC2CC2)n1. The summed E-state index contributed by atoms with van der Waals surface area (Å²) in [6.07, 6.45) is 7.00. The number of nitrogens with zero attached hydrogens (tertiary/aromatic N) is 2. The second kappa shape index (κ2) is 7.28. The lowest BCUT2D eigenvalue weighted by Gasteiger charge is -2.07. The molecule has 2 rings (SSSR count). The molecule has 1 aliphatic carbocycles. The van der Waals surface area contributed by atoms with Crippen LogP contribution in [0, 0.1) is 0 Å². The minimum absolute atomic E-state index is 0.522. The van der Waals surface area contributed by atoms with Crippen LogP contribution in [0.4, 0.5) is 0 Å². The zero-order valence-corrected chi connectivity index (χ0v) is 10.9. The minimum Gasteiger partial charge on any atom is -0.474 e. The molecule has 0 unspecified atom stereocenters. The lowest BCUT2D eigenvalue weighted by Crippen LogP contribution is -2.17. The molecule has 0 bridgehead atoms. The molecule has 0 radical (unpaired) electrons. The Morgan fingerprint density at radius 1 is 1.28 bits per heavy atom. The lowest BCUT2D eigenvalue weighted by atomic mass is 10.4. The van der Waals surface area contributed by atoms with E-state index in [2.05, 4.69) is 22.2 Å². The predicted molar refractivity (Wildman–Crippen MR) is 68.5 cm³/mol. The van der Waals surface area contributed by atoms with Crippen LogP contribution in [0.2, 0.25) is 0 Å². The molecule has 0 spiro atoms. The van der Waals surface area contributed by atoms with E-state index in [0.717, 1.165) is 25.3 Å². The van der Waals surface area contributed by atoms with Gasteiger partial charge in [0, 0.05) is 25.4 Å². The van der Waals surface area contributed by atoms with Crippen molar-refractivity contribution in [3.63, 3.8) is 0 Å². The Kier molecular flexibility index (Phi) is 5.36. The van der Waals surface area contributed by atoms with Crippen LogP contribution in [0.3, 0.4) is 0 Å². The topological polar surface area (TPSA) is 56.3 Å². The van der Waals surface area contributed by atoms with Gasteiger partial charge in [0.1, 0.15) is 6.61 Å². The molecule has 0 saturated heterocycles. The first-order valence-electron chi connectivity index (χ1n) is 6.63. The summed E-state index contributed by atoms with van der Waals surface area (Å²) in [5.41, 5.74) is 0.925. The van der Waals surface area contributed by atoms with E-state index in [1.807, 2.05) is 0 Å². The van der Waals surface area contributed by atoms with Gasteiger partial charge in [0.05, 0.1) is 18.5 Å². The fourth-order valence-electron chi connectivity index (χ4n) is 1.53. The van der Waals surface area contributed by atoms with E-state index in [0.29, 0.717) is 25.1 Å². The monoisotopic (exact) mass is 251 g/mol. The highest BCUT2D eigenvalue weighted by atomic mass is 16.5. The number of nitrogens with one attached hydrogen (secondary N) is 1. The molecule has 0 atom stereocenters. The van der Waals surface area contributed by atoms with Gasteiger partial charge in [0.15, 0.2) is 0 Å². The van der Waals surface area contributed by atoms with Crippen LogP contribution in [0.25, 0.3) is 0 Å². The van der Waals surface area contributed by atoms with Gasteiger partial charge in [-0.1, -0.05) is 6.92 Å². The first-order chi connectivity index (χ1) is 8.88. The lowest BCUT2D eigenvalue weighted by molar-refractivity contribution is 0.0988. The van der Waals surface area contributed by atoms with Crippen molar-refractivity contribution in [2.75, 3.05) is 19.8 Å². The van der Waals surface area contributed by atoms with E-state index in [1.165, 1.54) is 12.8 Å². The van der Waals surface area contributed by atoms with Crippen molar-refractivity contribution in [1.29, 1.82) is 0 Å². The highest BCUT2D eigenvalue weighted by molar-refractivity contribution is 5.08. The largest absolute Gasteiger partial charge is 0.474 e. The first kappa shape index (κ1) is 13.2. The van der Waals surface area contributed by atoms with E-state index in [4.69, 9.17) is 9.47 Å². The van der Waals surface area contributed by atoms with Gasteiger partial charge < -0.3 is 14.8 Å². The minimum atomic E-state index is 0.522. The first-order valence-corrected chi connectivity index (χ1v) is 6.63. The van der Waals surface area contributed by atoms with Gasteiger partial charge in [-0.05, 0) is 19.3 Å². The molecule has 100 valence electrons. The van der Waals surface area contributed by atoms with Crippen molar-refractivity contribution < 1.29 is 9.47 Å². The molecule has 0 aromatic carbocycles. The molecule has 1 fully saturated rings. The maximum atomic E-state index is 5.49. The van der Waals surface area contributed by atoms with Crippen LogP contribution < -0.4 is 10.1 Å². The zero-order chi connectivity index (χ0) is 12.6. The summed E-state index contributed by atoms with van der Waals surface area (Å²) in [6.45, 7) is 4.75. The van der Waals surface area contributed by atoms with E-state index in [-0.39, 0.29) is 0 Å². The van der Waals surface area contributed by atoms with Crippen molar-refractivity contribution in [3.05, 3.63) is 18.1 Å². The second-order valence-corrected chi connectivity index (χ2v) is 4.46. The zero-order valence-electron chi connectivity index (χ0n) is 10.9. The average Bonchev–Trinajstić information content (AvgIpc) is 3.21. The Hall–Kier alpha value is -1.20. The number of rotatable bonds is 9. The van der Waals surface area contributed by atoms with Crippen LogP contribution >= 0.6 is 0 Å². The number of ether oxygens (including phenoxy) is 2. The van der Waals surface area contributed by atoms with E-state index in [1.54, 1.807) is 12.4 Å². The van der Waals surface area contributed by atoms with E-state index < -0.39 is 0 Å². The molecule has 1 saturated carbocycles. The molecule has 1 aliphatic rings. The fraction of sp³-hybridized carbons (Fsp3) is 0.692. The summed E-state index contributed by atoms with van der Waals surface area (Å²) in [5, 5.41) is 3.40. The Labute approximate surface area is 108 Å². The summed E-state index contributed by atoms with van der Waals surface area (Å²) in [5.74, 6) is 0.574. The molecule has 0 amide bonds. The number of hydrogen-bond donors (Lipinski definition) is 1. The summed E-state index contributed by atoms with van der Waals surface area (Å²) >= 11 is 0. The average molecular weight is 251 g/mol. The Morgan fingerprint density at radius 2 is 2.17 bits per heavy atom. The highest BCUT2D eigenvalue weighted by Crippen LogP contribution is 2.19. The highest BCUT2D eigenvalue weighted by Gasteiger charge is 2.20. The summed E-state index contributed by atoms with van der Waals surface area (Å²) in [6, 6.07) is 0.679. The maximum absolute atomic E-state index is 5.49. The molecule has 5 heteroatoms. The molecule has 1 N–H and O–H groups in total. The molecule has 18 heavy (non-hydrogen) atoms. The summed E-state index contributed by atoms with van der Waals surface area (Å²) in [7, 11) is 0. The van der Waals surface area contributed by atoms with Gasteiger partial charge in [-0.15, -0.1) is 0 Å². The third kappa shape index (κ3) is 4.98. The molecular formula is C13H21N3O2. The Bertz CT molecular complexity index is 356. The van der Waals surface area contributed by atoms with E-state index >= 15 is 0 Å². The van der Waals surface area contributed by atoms with Gasteiger partial charge in [-0.3, -0.25) is 4.98 Å². The number of hydrogen-bond acceptors (Lipinski definition) is 5. The molecule has 0 aliphatic heterocycles. The van der Waals surface area contributed by atoms with Crippen LogP contribution in [-0.2, 0) is 11.3 Å². The smallest absolute Gasteiger partial charge is 0.232 e. The normalized spacial score (nSPS) is 14.7. The van der Waals surface area contributed by atoms with Gasteiger partial charge in [-0.25, -0.2) is 4.98 Å². The molecule has 1 heterocycles. The maximum Gasteiger partial charge on any atom is 0.232 e. The van der Waals surface area contributed by atoms with Gasteiger partial charge in [-0.2, -0.15) is 0 Å². The van der Waals surface area contributed by atoms with Crippen molar-refractivity contribution >= 4 is 0 Å². The van der Waals surface area contributed by atoms with Crippen LogP contribution in [0.15, 0.2) is 12.4 Å². The standard InChI is InChI=1S/C13H21N3O2/c1-2-5-17-6-7-18-13-10-14-8-12(16-13)9-15-11-3-4-11/h8,10-11,15H,2-7,9H2,1H3. The van der Waals surface area contributed by atoms with Gasteiger partial charge in [0.2, 0.25) is 5.88 Å². The summed E-state index contributed by atoms with van der Waals surface area (Å²) in [4.78, 5) is 8.52. The van der Waals surface area contributed by atoms with Crippen LogP contribution in [-0.4, -0.2) is 35.8 Å². The third-order valence-electron chi connectivity index (χ3n) is 2.64.